The van der Waals surface area contributed by atoms with Crippen LogP contribution in [0.5, 0.6) is 0 Å². The summed E-state index contributed by atoms with van der Waals surface area (Å²) in [5.41, 5.74) is 3.13. The minimum atomic E-state index is -0.502. The molecule has 23 heavy (non-hydrogen) atoms. The number of nitrogens with zero attached hydrogens (tertiary/aromatic N) is 2. The molecule has 0 fully saturated rings. The molecule has 0 unspecified atom stereocenters. The third-order valence-corrected chi connectivity index (χ3v) is 3.22. The number of carbonyl (C=O) groups is 1. The van der Waals surface area contributed by atoms with E-state index >= 15 is 0 Å². The summed E-state index contributed by atoms with van der Waals surface area (Å²) in [5, 5.41) is 4.35. The van der Waals surface area contributed by atoms with Crippen molar-refractivity contribution in [3.63, 3.8) is 0 Å². The molecule has 2 rings (SSSR count). The van der Waals surface area contributed by atoms with Crippen LogP contribution >= 0.6 is 0 Å². The monoisotopic (exact) mass is 310 g/mol. The number of hydrogen-bond donors (Lipinski definition) is 0. The molecule has 0 N–H and O–H groups in total. The first-order valence-electron chi connectivity index (χ1n) is 7.00. The van der Waals surface area contributed by atoms with Crippen LogP contribution in [0.25, 0.3) is 5.57 Å². The summed E-state index contributed by atoms with van der Waals surface area (Å²) in [5.74, 6) is 5.68. The Morgan fingerprint density at radius 1 is 1.22 bits per heavy atom. The topological polar surface area (TPSA) is 53.4 Å². The van der Waals surface area contributed by atoms with E-state index in [1.807, 2.05) is 37.3 Å². The molecule has 0 aliphatic heterocycles. The summed E-state index contributed by atoms with van der Waals surface area (Å²) in [6, 6.07) is 9.62. The van der Waals surface area contributed by atoms with E-state index in [-0.39, 0.29) is 5.57 Å². The lowest BCUT2D eigenvalue weighted by Gasteiger charge is -2.06. The zero-order valence-corrected chi connectivity index (χ0v) is 13.6. The fourth-order valence-electron chi connectivity index (χ4n) is 2.20. The fourth-order valence-corrected chi connectivity index (χ4v) is 2.20. The molecule has 0 saturated carbocycles. The summed E-state index contributed by atoms with van der Waals surface area (Å²) in [4.78, 5) is 12.0. The highest BCUT2D eigenvalue weighted by molar-refractivity contribution is 6.16. The van der Waals surface area contributed by atoms with Crippen molar-refractivity contribution in [3.8, 4) is 11.8 Å². The number of aromatic nitrogens is 2. The van der Waals surface area contributed by atoms with Gasteiger partial charge in [-0.1, -0.05) is 30.0 Å². The van der Waals surface area contributed by atoms with Crippen LogP contribution in [0, 0.1) is 18.8 Å². The smallest absolute Gasteiger partial charge is 0.343 e. The van der Waals surface area contributed by atoms with Crippen molar-refractivity contribution in [3.05, 3.63) is 59.1 Å². The first-order chi connectivity index (χ1) is 11.1. The van der Waals surface area contributed by atoms with E-state index in [1.54, 1.807) is 11.7 Å². The van der Waals surface area contributed by atoms with Crippen molar-refractivity contribution in [2.24, 2.45) is 7.05 Å². The van der Waals surface area contributed by atoms with Gasteiger partial charge in [-0.2, -0.15) is 5.10 Å². The lowest BCUT2D eigenvalue weighted by molar-refractivity contribution is -0.133. The van der Waals surface area contributed by atoms with Gasteiger partial charge in [0.2, 0.25) is 0 Å². The molecule has 0 radical (unpaired) electrons. The van der Waals surface area contributed by atoms with Gasteiger partial charge in [0.15, 0.2) is 0 Å². The van der Waals surface area contributed by atoms with Crippen molar-refractivity contribution in [1.82, 2.24) is 9.78 Å². The predicted octanol–water partition coefficient (Wildman–Crippen LogP) is 2.29. The number of aryl methyl sites for hydroxylation is 2. The van der Waals surface area contributed by atoms with Gasteiger partial charge in [-0.25, -0.2) is 4.79 Å². The standard InChI is InChI=1S/C18H18N2O3/c1-13-15(11-10-14-8-6-5-7-9-14)17(20(2)19-13)16(12-22-3)18(21)23-4/h5-9,12H,1-4H3/b16-12-. The number of ether oxygens (including phenoxy) is 2. The number of esters is 1. The Hall–Kier alpha value is -3.00. The molecule has 5 nitrogen and oxygen atoms in total. The number of carbonyl (C=O) groups excluding carboxylic acids is 1. The first-order valence-corrected chi connectivity index (χ1v) is 7.00. The van der Waals surface area contributed by atoms with Crippen LogP contribution in [0.4, 0.5) is 0 Å². The van der Waals surface area contributed by atoms with E-state index in [4.69, 9.17) is 9.47 Å². The number of hydrogen-bond acceptors (Lipinski definition) is 4. The number of methoxy groups -OCH3 is 2. The van der Waals surface area contributed by atoms with Gasteiger partial charge in [-0.3, -0.25) is 4.68 Å². The van der Waals surface area contributed by atoms with E-state index in [1.165, 1.54) is 20.5 Å². The van der Waals surface area contributed by atoms with Gasteiger partial charge < -0.3 is 9.47 Å². The maximum atomic E-state index is 12.0. The molecule has 0 saturated heterocycles. The zero-order chi connectivity index (χ0) is 16.8. The van der Waals surface area contributed by atoms with Crippen LogP contribution in [-0.4, -0.2) is 30.0 Å². The third kappa shape index (κ3) is 3.61. The Kier molecular flexibility index (Phi) is 5.21. The molecule has 0 aliphatic rings. The van der Waals surface area contributed by atoms with Gasteiger partial charge in [-0.05, 0) is 19.1 Å². The highest BCUT2D eigenvalue weighted by atomic mass is 16.5. The van der Waals surface area contributed by atoms with Gasteiger partial charge in [0.1, 0.15) is 5.57 Å². The maximum Gasteiger partial charge on any atom is 0.343 e. The largest absolute Gasteiger partial charge is 0.503 e. The minimum absolute atomic E-state index is 0.274. The van der Waals surface area contributed by atoms with Gasteiger partial charge >= 0.3 is 5.97 Å². The molecular weight excluding hydrogens is 292 g/mol. The summed E-state index contributed by atoms with van der Waals surface area (Å²) in [7, 11) is 4.55. The number of benzene rings is 1. The molecule has 118 valence electrons. The van der Waals surface area contributed by atoms with Crippen molar-refractivity contribution < 1.29 is 14.3 Å². The van der Waals surface area contributed by atoms with Crippen molar-refractivity contribution in [2.45, 2.75) is 6.92 Å². The van der Waals surface area contributed by atoms with Crippen LogP contribution in [0.3, 0.4) is 0 Å². The second-order valence-corrected chi connectivity index (χ2v) is 4.81. The molecule has 0 spiro atoms. The lowest BCUT2D eigenvalue weighted by Crippen LogP contribution is -2.09. The van der Waals surface area contributed by atoms with Crippen LogP contribution in [0.1, 0.15) is 22.5 Å². The molecule has 5 heteroatoms. The van der Waals surface area contributed by atoms with Gasteiger partial charge in [0.25, 0.3) is 0 Å². The van der Waals surface area contributed by atoms with Gasteiger partial charge in [-0.15, -0.1) is 0 Å². The molecule has 0 amide bonds. The predicted molar refractivity (Wildman–Crippen MR) is 87.4 cm³/mol. The SMILES string of the molecule is CO/C=C(\C(=O)OC)c1c(C#Cc2ccccc2)c(C)nn1C. The van der Waals surface area contributed by atoms with Gasteiger partial charge in [0, 0.05) is 12.6 Å². The quantitative estimate of drug-likeness (QED) is 0.378. The van der Waals surface area contributed by atoms with Crippen LogP contribution in [0.15, 0.2) is 36.6 Å². The molecule has 1 heterocycles. The summed E-state index contributed by atoms with van der Waals surface area (Å²) in [6.45, 7) is 1.85. The Morgan fingerprint density at radius 3 is 2.52 bits per heavy atom. The molecule has 0 aliphatic carbocycles. The van der Waals surface area contributed by atoms with Crippen LogP contribution in [-0.2, 0) is 21.3 Å². The van der Waals surface area contributed by atoms with E-state index in [0.717, 1.165) is 11.3 Å². The highest BCUT2D eigenvalue weighted by Crippen LogP contribution is 2.22. The van der Waals surface area contributed by atoms with Crippen molar-refractivity contribution >= 4 is 11.5 Å². The molecule has 2 aromatic rings. The van der Waals surface area contributed by atoms with Crippen molar-refractivity contribution in [2.75, 3.05) is 14.2 Å². The van der Waals surface area contributed by atoms with E-state index in [2.05, 4.69) is 16.9 Å². The Labute approximate surface area is 135 Å². The maximum absolute atomic E-state index is 12.0. The normalized spacial score (nSPS) is 10.7. The lowest BCUT2D eigenvalue weighted by atomic mass is 10.1. The summed E-state index contributed by atoms with van der Waals surface area (Å²) in [6.07, 6.45) is 1.34. The Bertz CT molecular complexity index is 793. The molecular formula is C18H18N2O3. The Morgan fingerprint density at radius 2 is 1.91 bits per heavy atom. The van der Waals surface area contributed by atoms with Gasteiger partial charge in [0.05, 0.1) is 37.4 Å². The molecule has 0 atom stereocenters. The van der Waals surface area contributed by atoms with Crippen LogP contribution in [0.2, 0.25) is 0 Å². The average Bonchev–Trinajstić information content (AvgIpc) is 2.84. The molecule has 1 aromatic carbocycles. The van der Waals surface area contributed by atoms with E-state index in [0.29, 0.717) is 11.3 Å². The minimum Gasteiger partial charge on any atom is -0.503 e. The summed E-state index contributed by atoms with van der Waals surface area (Å²) >= 11 is 0. The second-order valence-electron chi connectivity index (χ2n) is 4.81. The molecule has 0 bridgehead atoms. The van der Waals surface area contributed by atoms with Crippen LogP contribution < -0.4 is 0 Å². The summed E-state index contributed by atoms with van der Waals surface area (Å²) < 4.78 is 11.4. The zero-order valence-electron chi connectivity index (χ0n) is 13.6. The fraction of sp³-hybridized carbons (Fsp3) is 0.222. The number of rotatable bonds is 3. The average molecular weight is 310 g/mol. The second kappa shape index (κ2) is 7.32. The van der Waals surface area contributed by atoms with E-state index < -0.39 is 5.97 Å². The first kappa shape index (κ1) is 16.4. The molecule has 1 aromatic heterocycles. The Balaban J connectivity index is 2.56. The highest BCUT2D eigenvalue weighted by Gasteiger charge is 2.22. The van der Waals surface area contributed by atoms with E-state index in [9.17, 15) is 4.79 Å². The third-order valence-electron chi connectivity index (χ3n) is 3.22. The van der Waals surface area contributed by atoms with Crippen molar-refractivity contribution in [1.29, 1.82) is 0 Å².